The van der Waals surface area contributed by atoms with Crippen molar-refractivity contribution in [3.63, 3.8) is 0 Å². The van der Waals surface area contributed by atoms with Gasteiger partial charge in [0, 0.05) is 23.0 Å². The van der Waals surface area contributed by atoms with Gasteiger partial charge in [-0.2, -0.15) is 0 Å². The molecule has 0 saturated heterocycles. The zero-order chi connectivity index (χ0) is 35.6. The summed E-state index contributed by atoms with van der Waals surface area (Å²) < 4.78 is 11.5. The number of aliphatic hydroxyl groups excluding tert-OH is 3. The van der Waals surface area contributed by atoms with Crippen LogP contribution in [0.2, 0.25) is 0 Å². The highest BCUT2D eigenvalue weighted by Crippen LogP contribution is 2.68. The third-order valence-corrected chi connectivity index (χ3v) is 12.8. The van der Waals surface area contributed by atoms with E-state index in [2.05, 4.69) is 0 Å². The first-order valence-corrected chi connectivity index (χ1v) is 17.1. The third kappa shape index (κ3) is 6.01. The van der Waals surface area contributed by atoms with Crippen LogP contribution in [-0.4, -0.2) is 83.6 Å². The highest BCUT2D eigenvalue weighted by atomic mass is 16.6. The van der Waals surface area contributed by atoms with E-state index in [1.54, 1.807) is 26.8 Å². The molecule has 3 saturated carbocycles. The van der Waals surface area contributed by atoms with Crippen LogP contribution >= 0.6 is 0 Å². The largest absolute Gasteiger partial charge is 0.496 e. The van der Waals surface area contributed by atoms with Crippen LogP contribution in [0.15, 0.2) is 23.8 Å². The number of benzene rings is 1. The molecule has 0 amide bonds. The Morgan fingerprint density at radius 1 is 1.10 bits per heavy atom. The van der Waals surface area contributed by atoms with Gasteiger partial charge in [-0.25, -0.2) is 0 Å². The molecular weight excluding hydrogens is 622 g/mol. The molecule has 1 aromatic carbocycles. The Balaban J connectivity index is 1.40. The standard InChI is InChI=1S/C36H53NO11/c1-32(2,42)10-9-31(41)35(5,43)30-8-12-36(44)23-15-26(39)24-16-27(40)29(17-33(24,3)22(23)7-11-34(30,36)4)48-19-21-14-28(47-6)20(18-38)13-25(21)37(45)46/h13-15,22,24,27,29-31,38,40-44H,7-12,16-19H2,1-6H3/t22?,24?,27-,29+,30?,31-,33-,34-,35-,36-/m1/s1. The van der Waals surface area contributed by atoms with E-state index in [1.165, 1.54) is 19.2 Å². The lowest BCUT2D eigenvalue weighted by atomic mass is 9.45. The number of carbonyl (C=O) groups excluding carboxylic acids is 1. The van der Waals surface area contributed by atoms with E-state index < -0.39 is 69.3 Å². The van der Waals surface area contributed by atoms with Gasteiger partial charge in [-0.1, -0.05) is 13.8 Å². The molecule has 0 heterocycles. The maximum atomic E-state index is 13.8. The molecule has 0 spiro atoms. The van der Waals surface area contributed by atoms with Crippen molar-refractivity contribution in [2.45, 2.75) is 134 Å². The fraction of sp³-hybridized carbons (Fsp3) is 0.750. The van der Waals surface area contributed by atoms with Gasteiger partial charge in [0.2, 0.25) is 0 Å². The molecule has 268 valence electrons. The second-order valence-corrected chi connectivity index (χ2v) is 16.2. The van der Waals surface area contributed by atoms with Crippen LogP contribution in [0.5, 0.6) is 5.75 Å². The Hall–Kier alpha value is -2.45. The van der Waals surface area contributed by atoms with Crippen molar-refractivity contribution in [3.05, 3.63) is 45.0 Å². The van der Waals surface area contributed by atoms with Gasteiger partial charge in [0.25, 0.3) is 5.69 Å². The molecule has 0 aliphatic heterocycles. The average Bonchev–Trinajstić information content (AvgIpc) is 3.30. The lowest BCUT2D eigenvalue weighted by Gasteiger charge is -2.61. The fourth-order valence-electron chi connectivity index (χ4n) is 9.92. The van der Waals surface area contributed by atoms with Crippen molar-refractivity contribution in [1.82, 2.24) is 0 Å². The van der Waals surface area contributed by atoms with Gasteiger partial charge in [0.15, 0.2) is 5.78 Å². The smallest absolute Gasteiger partial charge is 0.275 e. The van der Waals surface area contributed by atoms with Gasteiger partial charge in [0.05, 0.1) is 65.9 Å². The van der Waals surface area contributed by atoms with E-state index in [-0.39, 0.29) is 60.1 Å². The monoisotopic (exact) mass is 675 g/mol. The zero-order valence-corrected chi connectivity index (χ0v) is 28.9. The maximum absolute atomic E-state index is 13.8. The number of methoxy groups -OCH3 is 1. The minimum Gasteiger partial charge on any atom is -0.496 e. The first kappa shape index (κ1) is 36.8. The summed E-state index contributed by atoms with van der Waals surface area (Å²) in [6.45, 7) is 8.23. The van der Waals surface area contributed by atoms with E-state index in [9.17, 15) is 45.5 Å². The Bertz CT molecular complexity index is 1450. The van der Waals surface area contributed by atoms with Gasteiger partial charge >= 0.3 is 0 Å². The van der Waals surface area contributed by atoms with Gasteiger partial charge in [-0.15, -0.1) is 0 Å². The van der Waals surface area contributed by atoms with Crippen LogP contribution in [0.3, 0.4) is 0 Å². The minimum atomic E-state index is -1.54. The van der Waals surface area contributed by atoms with Crippen LogP contribution in [0.1, 0.15) is 97.1 Å². The molecule has 4 aliphatic rings. The number of fused-ring (bicyclic) bond motifs is 5. The first-order valence-electron chi connectivity index (χ1n) is 17.1. The normalized spacial score (nSPS) is 36.7. The Morgan fingerprint density at radius 3 is 2.40 bits per heavy atom. The van der Waals surface area contributed by atoms with Crippen molar-refractivity contribution in [3.8, 4) is 5.75 Å². The highest BCUT2D eigenvalue weighted by Gasteiger charge is 2.69. The first-order chi connectivity index (χ1) is 22.2. The second kappa shape index (κ2) is 12.7. The lowest BCUT2D eigenvalue weighted by molar-refractivity contribution is -0.386. The Morgan fingerprint density at radius 2 is 1.79 bits per heavy atom. The summed E-state index contributed by atoms with van der Waals surface area (Å²) in [5, 5.41) is 78.4. The molecule has 5 rings (SSSR count). The van der Waals surface area contributed by atoms with Gasteiger partial charge < -0.3 is 40.1 Å². The second-order valence-electron chi connectivity index (χ2n) is 16.2. The molecule has 6 N–H and O–H groups in total. The molecule has 4 aliphatic carbocycles. The molecular formula is C36H53NO11. The summed E-state index contributed by atoms with van der Waals surface area (Å²) >= 11 is 0. The maximum Gasteiger partial charge on any atom is 0.275 e. The number of carbonyl (C=O) groups is 1. The van der Waals surface area contributed by atoms with Crippen molar-refractivity contribution >= 4 is 11.5 Å². The predicted octanol–water partition coefficient (Wildman–Crippen LogP) is 3.49. The number of ketones is 1. The fourth-order valence-corrected chi connectivity index (χ4v) is 9.92. The van der Waals surface area contributed by atoms with Crippen LogP contribution in [-0.2, 0) is 22.7 Å². The molecule has 0 radical (unpaired) electrons. The highest BCUT2D eigenvalue weighted by molar-refractivity contribution is 5.95. The number of nitrogens with zero attached hydrogens (tertiary/aromatic N) is 1. The molecule has 3 fully saturated rings. The van der Waals surface area contributed by atoms with Crippen molar-refractivity contribution < 1.29 is 49.8 Å². The zero-order valence-electron chi connectivity index (χ0n) is 28.9. The van der Waals surface area contributed by atoms with Crippen molar-refractivity contribution in [2.24, 2.45) is 28.6 Å². The van der Waals surface area contributed by atoms with Crippen LogP contribution in [0.25, 0.3) is 0 Å². The number of rotatable bonds is 11. The summed E-state index contributed by atoms with van der Waals surface area (Å²) in [6.07, 6.45) is 1.55. The lowest BCUT2D eigenvalue weighted by Crippen LogP contribution is -2.63. The van der Waals surface area contributed by atoms with Gasteiger partial charge in [-0.3, -0.25) is 14.9 Å². The predicted molar refractivity (Wildman–Crippen MR) is 175 cm³/mol. The minimum absolute atomic E-state index is 0.148. The Kier molecular flexibility index (Phi) is 9.75. The quantitative estimate of drug-likeness (QED) is 0.148. The van der Waals surface area contributed by atoms with E-state index in [4.69, 9.17) is 9.47 Å². The number of nitro groups is 1. The number of allylic oxidation sites excluding steroid dienone is 1. The topological polar surface area (TPSA) is 200 Å². The SMILES string of the molecule is COc1cc(CO[C@H]2C[C@@]3(C)C(C[C@H]2O)C(=O)C=C2C3CC[C@]3(C)C([C@@](C)(O)[C@H](O)CCC(C)(C)O)CC[C@@]23O)c([N+](=O)[O-])cc1CO. The molecule has 48 heavy (non-hydrogen) atoms. The summed E-state index contributed by atoms with van der Waals surface area (Å²) in [7, 11) is 1.40. The number of hydrogen-bond acceptors (Lipinski definition) is 11. The van der Waals surface area contributed by atoms with E-state index in [1.807, 2.05) is 13.8 Å². The van der Waals surface area contributed by atoms with Crippen LogP contribution in [0.4, 0.5) is 5.69 Å². The molecule has 3 unspecified atom stereocenters. The Labute approximate surface area is 281 Å². The van der Waals surface area contributed by atoms with Crippen LogP contribution < -0.4 is 4.74 Å². The van der Waals surface area contributed by atoms with Gasteiger partial charge in [-0.05, 0) is 107 Å². The summed E-state index contributed by atoms with van der Waals surface area (Å²) in [6, 6.07) is 2.71. The molecule has 12 heteroatoms. The number of nitro benzene ring substituents is 1. The number of aliphatic hydroxyl groups is 6. The molecule has 0 bridgehead atoms. The summed E-state index contributed by atoms with van der Waals surface area (Å²) in [5.74, 6) is -1.07. The van der Waals surface area contributed by atoms with Crippen molar-refractivity contribution in [2.75, 3.05) is 7.11 Å². The third-order valence-electron chi connectivity index (χ3n) is 12.8. The van der Waals surface area contributed by atoms with Gasteiger partial charge in [0.1, 0.15) is 5.75 Å². The summed E-state index contributed by atoms with van der Waals surface area (Å²) in [4.78, 5) is 25.1. The number of hydrogen-bond donors (Lipinski definition) is 6. The molecule has 10 atom stereocenters. The van der Waals surface area contributed by atoms with E-state index in [0.717, 1.165) is 0 Å². The van der Waals surface area contributed by atoms with Crippen LogP contribution in [0, 0.1) is 38.7 Å². The molecule has 12 nitrogen and oxygen atoms in total. The number of ether oxygens (including phenoxy) is 2. The van der Waals surface area contributed by atoms with E-state index >= 15 is 0 Å². The summed E-state index contributed by atoms with van der Waals surface area (Å²) in [5.41, 5.74) is -4.57. The molecule has 0 aromatic heterocycles. The average molecular weight is 676 g/mol. The van der Waals surface area contributed by atoms with E-state index in [0.29, 0.717) is 37.7 Å². The molecule has 1 aromatic rings. The van der Waals surface area contributed by atoms with Crippen molar-refractivity contribution in [1.29, 1.82) is 0 Å².